The summed E-state index contributed by atoms with van der Waals surface area (Å²) in [6.07, 6.45) is 0. The second-order valence-corrected chi connectivity index (χ2v) is 4.84. The minimum atomic E-state index is -0.294. The highest BCUT2D eigenvalue weighted by Gasteiger charge is 2.18. The van der Waals surface area contributed by atoms with Gasteiger partial charge in [-0.1, -0.05) is 22.0 Å². The predicted octanol–water partition coefficient (Wildman–Crippen LogP) is 3.12. The lowest BCUT2D eigenvalue weighted by Gasteiger charge is -2.06. The van der Waals surface area contributed by atoms with Crippen LogP contribution in [-0.4, -0.2) is 15.7 Å². The van der Waals surface area contributed by atoms with E-state index in [2.05, 4.69) is 31.9 Å². The molecule has 1 rings (SSSR count). The van der Waals surface area contributed by atoms with Gasteiger partial charge in [0.2, 0.25) is 0 Å². The van der Waals surface area contributed by atoms with Crippen molar-refractivity contribution in [3.8, 4) is 5.75 Å². The Labute approximate surface area is 93.2 Å². The van der Waals surface area contributed by atoms with Gasteiger partial charge in [0.05, 0.1) is 10.4 Å². The number of alkyl halides is 1. The largest absolute Gasteiger partial charge is 0.507 e. The Morgan fingerprint density at radius 3 is 2.62 bits per heavy atom. The molecule has 0 radical (unpaired) electrons. The minimum Gasteiger partial charge on any atom is -0.507 e. The number of aromatic hydroxyl groups is 1. The standard InChI is InChI=1S/C9H8Br2O2/c1-5(10)9(13)8-6(11)3-2-4-7(8)12/h2-5,12H,1H3. The van der Waals surface area contributed by atoms with E-state index in [9.17, 15) is 9.90 Å². The maximum Gasteiger partial charge on any atom is 0.181 e. The summed E-state index contributed by atoms with van der Waals surface area (Å²) >= 11 is 6.38. The van der Waals surface area contributed by atoms with E-state index in [4.69, 9.17) is 0 Å². The Morgan fingerprint density at radius 1 is 1.54 bits per heavy atom. The molecule has 1 N–H and O–H groups in total. The fraction of sp³-hybridized carbons (Fsp3) is 0.222. The van der Waals surface area contributed by atoms with Crippen LogP contribution in [0, 0.1) is 0 Å². The van der Waals surface area contributed by atoms with Crippen molar-refractivity contribution >= 4 is 37.6 Å². The van der Waals surface area contributed by atoms with Gasteiger partial charge in [0.25, 0.3) is 0 Å². The molecular formula is C9H8Br2O2. The molecule has 2 nitrogen and oxygen atoms in total. The van der Waals surface area contributed by atoms with Crippen molar-refractivity contribution in [3.63, 3.8) is 0 Å². The first-order valence-corrected chi connectivity index (χ1v) is 5.40. The molecule has 0 aliphatic rings. The number of ketones is 1. The van der Waals surface area contributed by atoms with Crippen molar-refractivity contribution in [1.29, 1.82) is 0 Å². The maximum atomic E-state index is 11.5. The zero-order valence-electron chi connectivity index (χ0n) is 6.92. The Kier molecular flexibility index (Phi) is 3.50. The number of hydrogen-bond donors (Lipinski definition) is 1. The third-order valence-electron chi connectivity index (χ3n) is 1.60. The highest BCUT2D eigenvalue weighted by atomic mass is 79.9. The van der Waals surface area contributed by atoms with Crippen molar-refractivity contribution in [2.75, 3.05) is 0 Å². The molecule has 0 heterocycles. The zero-order chi connectivity index (χ0) is 10.0. The molecule has 13 heavy (non-hydrogen) atoms. The van der Waals surface area contributed by atoms with E-state index in [-0.39, 0.29) is 16.4 Å². The van der Waals surface area contributed by atoms with E-state index < -0.39 is 0 Å². The summed E-state index contributed by atoms with van der Waals surface area (Å²) in [5.74, 6) is -0.129. The Hall–Kier alpha value is -0.350. The Bertz CT molecular complexity index is 314. The van der Waals surface area contributed by atoms with E-state index >= 15 is 0 Å². The van der Waals surface area contributed by atoms with E-state index in [1.54, 1.807) is 19.1 Å². The molecule has 1 unspecified atom stereocenters. The molecule has 0 aliphatic heterocycles. The van der Waals surface area contributed by atoms with Crippen molar-refractivity contribution in [2.24, 2.45) is 0 Å². The van der Waals surface area contributed by atoms with E-state index in [0.717, 1.165) is 0 Å². The van der Waals surface area contributed by atoms with Gasteiger partial charge < -0.3 is 5.11 Å². The Balaban J connectivity index is 3.20. The van der Waals surface area contributed by atoms with Crippen LogP contribution in [0.1, 0.15) is 17.3 Å². The first kappa shape index (κ1) is 10.7. The molecule has 4 heteroatoms. The van der Waals surface area contributed by atoms with Gasteiger partial charge in [-0.15, -0.1) is 0 Å². The van der Waals surface area contributed by atoms with Crippen LogP contribution in [-0.2, 0) is 0 Å². The normalized spacial score (nSPS) is 12.5. The van der Waals surface area contributed by atoms with E-state index in [0.29, 0.717) is 10.0 Å². The number of benzene rings is 1. The SMILES string of the molecule is CC(Br)C(=O)c1c(O)cccc1Br. The van der Waals surface area contributed by atoms with Gasteiger partial charge in [-0.05, 0) is 35.0 Å². The van der Waals surface area contributed by atoms with Gasteiger partial charge >= 0.3 is 0 Å². The highest BCUT2D eigenvalue weighted by molar-refractivity contribution is 9.10. The number of carbonyl (C=O) groups excluding carboxylic acids is 1. The number of hydrogen-bond acceptors (Lipinski definition) is 2. The number of phenolic OH excluding ortho intramolecular Hbond substituents is 1. The van der Waals surface area contributed by atoms with Crippen LogP contribution in [0.25, 0.3) is 0 Å². The second-order valence-electron chi connectivity index (χ2n) is 2.61. The zero-order valence-corrected chi connectivity index (χ0v) is 10.1. The number of phenols is 1. The lowest BCUT2D eigenvalue weighted by molar-refractivity contribution is 0.0992. The third-order valence-corrected chi connectivity index (χ3v) is 2.68. The van der Waals surface area contributed by atoms with Gasteiger partial charge in [-0.2, -0.15) is 0 Å². The molecule has 0 saturated carbocycles. The van der Waals surface area contributed by atoms with Crippen LogP contribution in [0.3, 0.4) is 0 Å². The van der Waals surface area contributed by atoms with Crippen LogP contribution >= 0.6 is 31.9 Å². The Morgan fingerprint density at radius 2 is 2.15 bits per heavy atom. The van der Waals surface area contributed by atoms with Gasteiger partial charge in [0.15, 0.2) is 5.78 Å². The third kappa shape index (κ3) is 2.31. The summed E-state index contributed by atoms with van der Waals surface area (Å²) in [7, 11) is 0. The lowest BCUT2D eigenvalue weighted by Crippen LogP contribution is -2.10. The van der Waals surface area contributed by atoms with Crippen molar-refractivity contribution in [2.45, 2.75) is 11.8 Å². The van der Waals surface area contributed by atoms with Gasteiger partial charge in [-0.3, -0.25) is 4.79 Å². The predicted molar refractivity (Wildman–Crippen MR) is 58.5 cm³/mol. The molecule has 0 aliphatic carbocycles. The summed E-state index contributed by atoms with van der Waals surface area (Å²) in [4.78, 5) is 11.3. The van der Waals surface area contributed by atoms with Crippen LogP contribution in [0.2, 0.25) is 0 Å². The number of rotatable bonds is 2. The summed E-state index contributed by atoms with van der Waals surface area (Å²) in [6, 6.07) is 4.89. The van der Waals surface area contributed by atoms with Crippen LogP contribution in [0.4, 0.5) is 0 Å². The highest BCUT2D eigenvalue weighted by Crippen LogP contribution is 2.28. The van der Waals surface area contributed by atoms with Crippen molar-refractivity contribution in [1.82, 2.24) is 0 Å². The van der Waals surface area contributed by atoms with Crippen LogP contribution in [0.15, 0.2) is 22.7 Å². The second kappa shape index (κ2) is 4.24. The van der Waals surface area contributed by atoms with Crippen molar-refractivity contribution in [3.05, 3.63) is 28.2 Å². The van der Waals surface area contributed by atoms with Gasteiger partial charge in [-0.25, -0.2) is 0 Å². The minimum absolute atomic E-state index is 0.00525. The molecule has 0 spiro atoms. The molecule has 0 aromatic heterocycles. The van der Waals surface area contributed by atoms with Crippen molar-refractivity contribution < 1.29 is 9.90 Å². The quantitative estimate of drug-likeness (QED) is 0.673. The summed E-state index contributed by atoms with van der Waals surface area (Å²) < 4.78 is 0.615. The number of Topliss-reactive ketones (excluding diaryl/α,β-unsaturated/α-hetero) is 1. The monoisotopic (exact) mass is 306 g/mol. The molecule has 0 bridgehead atoms. The smallest absolute Gasteiger partial charge is 0.181 e. The summed E-state index contributed by atoms with van der Waals surface area (Å²) in [5, 5.41) is 9.44. The number of carbonyl (C=O) groups is 1. The average Bonchev–Trinajstić information content (AvgIpc) is 2.03. The molecular weight excluding hydrogens is 300 g/mol. The van der Waals surface area contributed by atoms with Gasteiger partial charge in [0.1, 0.15) is 5.75 Å². The van der Waals surface area contributed by atoms with Gasteiger partial charge in [0, 0.05) is 4.47 Å². The van der Waals surface area contributed by atoms with E-state index in [1.165, 1.54) is 6.07 Å². The first-order chi connectivity index (χ1) is 6.04. The summed E-state index contributed by atoms with van der Waals surface area (Å²) in [6.45, 7) is 1.72. The molecule has 70 valence electrons. The fourth-order valence-corrected chi connectivity index (χ4v) is 1.74. The van der Waals surface area contributed by atoms with E-state index in [1.807, 2.05) is 0 Å². The topological polar surface area (TPSA) is 37.3 Å². The molecule has 0 amide bonds. The number of halogens is 2. The van der Waals surface area contributed by atoms with Crippen LogP contribution in [0.5, 0.6) is 5.75 Å². The average molecular weight is 308 g/mol. The van der Waals surface area contributed by atoms with Crippen LogP contribution < -0.4 is 0 Å². The molecule has 1 atom stereocenters. The fourth-order valence-electron chi connectivity index (χ4n) is 0.956. The molecule has 0 fully saturated rings. The first-order valence-electron chi connectivity index (χ1n) is 3.69. The molecule has 1 aromatic rings. The molecule has 0 saturated heterocycles. The summed E-state index contributed by atoms with van der Waals surface area (Å²) in [5.41, 5.74) is 0.326. The maximum absolute atomic E-state index is 11.5. The lowest BCUT2D eigenvalue weighted by atomic mass is 10.1. The molecule has 1 aromatic carbocycles.